The highest BCUT2D eigenvalue weighted by Gasteiger charge is 2.81. The van der Waals surface area contributed by atoms with Gasteiger partial charge in [0.2, 0.25) is 0 Å². The molecule has 17 heteroatoms. The Labute approximate surface area is 245 Å². The van der Waals surface area contributed by atoms with Crippen LogP contribution >= 0.6 is 31.9 Å². The number of benzene rings is 3. The van der Waals surface area contributed by atoms with Crippen LogP contribution < -0.4 is 10.2 Å². The quantitative estimate of drug-likeness (QED) is 0.257. The summed E-state index contributed by atoms with van der Waals surface area (Å²) in [5.41, 5.74) is -10.0. The Bertz CT molecular complexity index is 1500. The van der Waals surface area contributed by atoms with Crippen LogP contribution in [-0.4, -0.2) is 37.1 Å². The first kappa shape index (κ1) is 33.3. The Hall–Kier alpha value is -3.21. The van der Waals surface area contributed by atoms with Crippen molar-refractivity contribution in [1.82, 2.24) is 0 Å². The van der Waals surface area contributed by atoms with E-state index in [-0.39, 0.29) is 23.4 Å². The van der Waals surface area contributed by atoms with Gasteiger partial charge in [0.15, 0.2) is 0 Å². The molecule has 0 aliphatic heterocycles. The Morgan fingerprint density at radius 3 is 1.74 bits per heavy atom. The molecule has 0 saturated heterocycles. The van der Waals surface area contributed by atoms with Crippen molar-refractivity contribution in [3.05, 3.63) is 91.9 Å². The van der Waals surface area contributed by atoms with Crippen molar-refractivity contribution in [2.24, 2.45) is 0 Å². The Morgan fingerprint density at radius 1 is 0.762 bits per heavy atom. The minimum absolute atomic E-state index is 0.000661. The van der Waals surface area contributed by atoms with Gasteiger partial charge in [0, 0.05) is 32.8 Å². The molecule has 4 nitrogen and oxygen atoms in total. The van der Waals surface area contributed by atoms with E-state index in [4.69, 9.17) is 0 Å². The van der Waals surface area contributed by atoms with Gasteiger partial charge in [0.25, 0.3) is 11.8 Å². The summed E-state index contributed by atoms with van der Waals surface area (Å²) < 4.78 is 148. The zero-order valence-corrected chi connectivity index (χ0v) is 23.5. The number of hydrogen-bond acceptors (Lipinski definition) is 2. The molecule has 0 bridgehead atoms. The van der Waals surface area contributed by atoms with E-state index < -0.39 is 73.2 Å². The van der Waals surface area contributed by atoms with Gasteiger partial charge in [0.05, 0.1) is 5.69 Å². The molecule has 1 atom stereocenters. The molecular weight excluding hydrogens is 729 g/mol. The summed E-state index contributed by atoms with van der Waals surface area (Å²) in [5, 5.41) is 2.16. The Kier molecular flexibility index (Phi) is 9.09. The summed E-state index contributed by atoms with van der Waals surface area (Å²) >= 11 is 5.29. The van der Waals surface area contributed by atoms with Gasteiger partial charge in [-0.15, -0.1) is 0 Å². The number of carbonyl (C=O) groups is 2. The van der Waals surface area contributed by atoms with Gasteiger partial charge in [-0.3, -0.25) is 9.59 Å². The summed E-state index contributed by atoms with van der Waals surface area (Å²) in [6.45, 7) is 0. The minimum atomic E-state index is -6.93. The summed E-state index contributed by atoms with van der Waals surface area (Å²) in [6, 6.07) is 7.51. The van der Waals surface area contributed by atoms with Crippen LogP contribution in [0.4, 0.5) is 59.7 Å². The zero-order chi connectivity index (χ0) is 32.0. The number of nitrogens with zero attached hydrogens (tertiary/aromatic N) is 1. The number of nitrogens with one attached hydrogen (secondary N) is 1. The number of amides is 2. The molecule has 0 radical (unpaired) electrons. The third-order valence-electron chi connectivity index (χ3n) is 5.83. The molecule has 2 amide bonds. The normalized spacial score (nSPS) is 13.9. The molecule has 226 valence electrons. The minimum Gasteiger partial charge on any atom is -0.320 e. The predicted octanol–water partition coefficient (Wildman–Crippen LogP) is 8.94. The molecule has 1 N–H and O–H groups in total. The van der Waals surface area contributed by atoms with Crippen molar-refractivity contribution in [3.8, 4) is 0 Å². The first-order valence-corrected chi connectivity index (χ1v) is 12.6. The predicted molar refractivity (Wildman–Crippen MR) is 135 cm³/mol. The summed E-state index contributed by atoms with van der Waals surface area (Å²) in [6.07, 6.45) is -13.7. The molecule has 0 aliphatic carbocycles. The first-order valence-electron chi connectivity index (χ1n) is 11.0. The maximum atomic E-state index is 14.9. The summed E-state index contributed by atoms with van der Waals surface area (Å²) in [7, 11) is 1.14. The van der Waals surface area contributed by atoms with Crippen molar-refractivity contribution >= 4 is 55.0 Å². The molecule has 0 aliphatic rings. The Balaban J connectivity index is 1.97. The van der Waals surface area contributed by atoms with E-state index in [0.29, 0.717) is 0 Å². The van der Waals surface area contributed by atoms with Crippen LogP contribution in [0.5, 0.6) is 0 Å². The average Bonchev–Trinajstić information content (AvgIpc) is 2.88. The van der Waals surface area contributed by atoms with Crippen LogP contribution in [0.25, 0.3) is 0 Å². The van der Waals surface area contributed by atoms with Crippen molar-refractivity contribution in [3.63, 3.8) is 0 Å². The lowest BCUT2D eigenvalue weighted by molar-refractivity contribution is -0.389. The van der Waals surface area contributed by atoms with E-state index in [2.05, 4.69) is 37.2 Å². The number of halogens is 13. The van der Waals surface area contributed by atoms with Crippen LogP contribution in [-0.2, 0) is 5.67 Å². The van der Waals surface area contributed by atoms with Gasteiger partial charge in [0.1, 0.15) is 17.2 Å². The SMILES string of the molecule is CN(C(=O)c1c(F)cccc1F)c1cccc(C(=O)Nc2c(Br)cc(C(F)(C(F)(F)F)C(F)(F)C(F)(F)F)cc2Br)c1. The maximum absolute atomic E-state index is 14.9. The number of anilines is 2. The highest BCUT2D eigenvalue weighted by Crippen LogP contribution is 2.59. The average molecular weight is 742 g/mol. The second-order valence-electron chi connectivity index (χ2n) is 8.51. The van der Waals surface area contributed by atoms with Gasteiger partial charge >= 0.3 is 23.9 Å². The highest BCUT2D eigenvalue weighted by atomic mass is 79.9. The number of rotatable bonds is 6. The molecule has 0 saturated carbocycles. The molecule has 3 aromatic carbocycles. The molecule has 1 unspecified atom stereocenters. The molecule has 0 fully saturated rings. The summed E-state index contributed by atoms with van der Waals surface area (Å²) in [4.78, 5) is 26.3. The fourth-order valence-corrected chi connectivity index (χ4v) is 5.02. The second kappa shape index (κ2) is 11.5. The third-order valence-corrected chi connectivity index (χ3v) is 7.09. The lowest BCUT2D eigenvalue weighted by Gasteiger charge is -2.36. The Morgan fingerprint density at radius 2 is 1.26 bits per heavy atom. The van der Waals surface area contributed by atoms with Gasteiger partial charge < -0.3 is 10.2 Å². The van der Waals surface area contributed by atoms with Crippen LogP contribution in [0.15, 0.2) is 63.5 Å². The lowest BCUT2D eigenvalue weighted by atomic mass is 9.87. The summed E-state index contributed by atoms with van der Waals surface area (Å²) in [5.74, 6) is -11.4. The van der Waals surface area contributed by atoms with Crippen molar-refractivity contribution in [1.29, 1.82) is 0 Å². The number of hydrogen-bond donors (Lipinski definition) is 1. The van der Waals surface area contributed by atoms with Gasteiger partial charge in [-0.1, -0.05) is 12.1 Å². The van der Waals surface area contributed by atoms with Crippen molar-refractivity contribution in [2.75, 3.05) is 17.3 Å². The number of alkyl halides is 9. The molecule has 3 aromatic rings. The number of carbonyl (C=O) groups excluding carboxylic acids is 2. The van der Waals surface area contributed by atoms with Gasteiger partial charge in [-0.05, 0) is 74.3 Å². The van der Waals surface area contributed by atoms with Crippen LogP contribution in [0.3, 0.4) is 0 Å². The van der Waals surface area contributed by atoms with E-state index in [1.807, 2.05) is 0 Å². The maximum Gasteiger partial charge on any atom is 0.457 e. The largest absolute Gasteiger partial charge is 0.457 e. The fraction of sp³-hybridized carbons (Fsp3) is 0.200. The fourth-order valence-electron chi connectivity index (χ4n) is 3.64. The van der Waals surface area contributed by atoms with Crippen molar-refractivity contribution < 1.29 is 57.9 Å². The molecular formula is C25H13Br2F11N2O2. The van der Waals surface area contributed by atoms with Crippen LogP contribution in [0.1, 0.15) is 26.3 Å². The van der Waals surface area contributed by atoms with E-state index in [1.165, 1.54) is 18.2 Å². The monoisotopic (exact) mass is 740 g/mol. The smallest absolute Gasteiger partial charge is 0.320 e. The molecule has 0 heterocycles. The van der Waals surface area contributed by atoms with Gasteiger partial charge in [-0.2, -0.15) is 35.1 Å². The van der Waals surface area contributed by atoms with Crippen LogP contribution in [0, 0.1) is 11.6 Å². The lowest BCUT2D eigenvalue weighted by Crippen LogP contribution is -2.59. The highest BCUT2D eigenvalue weighted by molar-refractivity contribution is 9.11. The van der Waals surface area contributed by atoms with E-state index in [9.17, 15) is 57.9 Å². The van der Waals surface area contributed by atoms with Crippen LogP contribution in [0.2, 0.25) is 0 Å². The molecule has 3 rings (SSSR count). The van der Waals surface area contributed by atoms with Gasteiger partial charge in [-0.25, -0.2) is 13.2 Å². The topological polar surface area (TPSA) is 49.4 Å². The zero-order valence-electron chi connectivity index (χ0n) is 20.4. The molecule has 0 aromatic heterocycles. The second-order valence-corrected chi connectivity index (χ2v) is 10.2. The molecule has 42 heavy (non-hydrogen) atoms. The molecule has 0 spiro atoms. The van der Waals surface area contributed by atoms with E-state index in [1.54, 1.807) is 0 Å². The van der Waals surface area contributed by atoms with E-state index in [0.717, 1.165) is 36.2 Å². The van der Waals surface area contributed by atoms with E-state index >= 15 is 0 Å². The standard InChI is InChI=1S/C25H13Br2F11N2O2/c1-40(21(42)18-16(28)6-3-7-17(18)29)13-5-2-4-11(8-13)20(41)39-19-14(26)9-12(10-15(19)27)22(30,24(33,34)35)23(31,32)25(36,37)38/h2-10H,1H3,(H,39,41). The third kappa shape index (κ3) is 5.85. The first-order chi connectivity index (χ1) is 19.1. The van der Waals surface area contributed by atoms with Crippen molar-refractivity contribution in [2.45, 2.75) is 23.9 Å².